The zero-order valence-electron chi connectivity index (χ0n) is 9.25. The number of aromatic nitrogens is 4. The molecule has 1 N–H and O–H groups in total. The summed E-state index contributed by atoms with van der Waals surface area (Å²) in [7, 11) is 1.81. The summed E-state index contributed by atoms with van der Waals surface area (Å²) in [5.74, 6) is -0.677. The van der Waals surface area contributed by atoms with Gasteiger partial charge in [-0.3, -0.25) is 9.48 Å². The first-order valence-corrected chi connectivity index (χ1v) is 5.73. The van der Waals surface area contributed by atoms with Crippen LogP contribution in [0, 0.1) is 6.92 Å². The van der Waals surface area contributed by atoms with Crippen LogP contribution in [0.2, 0.25) is 0 Å². The maximum Gasteiger partial charge on any atom is 0.314 e. The maximum absolute atomic E-state index is 10.4. The van der Waals surface area contributed by atoms with Crippen molar-refractivity contribution in [1.82, 2.24) is 20.0 Å². The topological polar surface area (TPSA) is 94.0 Å². The van der Waals surface area contributed by atoms with Crippen molar-refractivity contribution in [1.29, 1.82) is 0 Å². The van der Waals surface area contributed by atoms with Crippen molar-refractivity contribution >= 4 is 17.7 Å². The summed E-state index contributed by atoms with van der Waals surface area (Å²) in [6.45, 7) is 1.89. The summed E-state index contributed by atoms with van der Waals surface area (Å²) in [6, 6.07) is 0. The number of rotatable bonds is 4. The molecule has 0 saturated heterocycles. The smallest absolute Gasteiger partial charge is 0.314 e. The Balaban J connectivity index is 2.18. The minimum atomic E-state index is -0.924. The fourth-order valence-corrected chi connectivity index (χ4v) is 1.69. The minimum Gasteiger partial charge on any atom is -0.481 e. The summed E-state index contributed by atoms with van der Waals surface area (Å²) in [5, 5.41) is 20.4. The van der Waals surface area contributed by atoms with E-state index < -0.39 is 5.97 Å². The lowest BCUT2D eigenvalue weighted by Gasteiger charge is -1.94. The maximum atomic E-state index is 10.4. The number of thioether (sulfide) groups is 1. The number of aryl methyl sites for hydroxylation is 1. The van der Waals surface area contributed by atoms with Crippen LogP contribution in [0.4, 0.5) is 0 Å². The molecule has 7 nitrogen and oxygen atoms in total. The Bertz CT molecular complexity index is 548. The third kappa shape index (κ3) is 2.47. The molecule has 17 heavy (non-hydrogen) atoms. The van der Waals surface area contributed by atoms with E-state index in [1.807, 2.05) is 14.0 Å². The molecule has 0 spiro atoms. The quantitative estimate of drug-likeness (QED) is 0.812. The number of hydrogen-bond acceptors (Lipinski definition) is 6. The monoisotopic (exact) mass is 254 g/mol. The average molecular weight is 254 g/mol. The highest BCUT2D eigenvalue weighted by Crippen LogP contribution is 2.24. The fourth-order valence-electron chi connectivity index (χ4n) is 1.21. The second-order valence-electron chi connectivity index (χ2n) is 3.32. The zero-order chi connectivity index (χ0) is 12.4. The van der Waals surface area contributed by atoms with Gasteiger partial charge in [-0.25, -0.2) is 0 Å². The standard InChI is InChI=1S/C9H10N4O3S/c1-5-6(3-10-13(5)2)8-11-12-9(16-8)17-4-7(14)15/h3H,4H2,1-2H3,(H,14,15). The van der Waals surface area contributed by atoms with Gasteiger partial charge in [0.2, 0.25) is 0 Å². The van der Waals surface area contributed by atoms with E-state index in [-0.39, 0.29) is 11.0 Å². The summed E-state index contributed by atoms with van der Waals surface area (Å²) in [4.78, 5) is 10.4. The van der Waals surface area contributed by atoms with Gasteiger partial charge in [0, 0.05) is 12.7 Å². The van der Waals surface area contributed by atoms with Crippen molar-refractivity contribution in [2.24, 2.45) is 7.05 Å². The minimum absolute atomic E-state index is 0.104. The molecular formula is C9H10N4O3S. The van der Waals surface area contributed by atoms with Gasteiger partial charge < -0.3 is 9.52 Å². The van der Waals surface area contributed by atoms with Gasteiger partial charge in [-0.05, 0) is 6.92 Å². The molecule has 0 aliphatic rings. The van der Waals surface area contributed by atoms with Crippen LogP contribution in [-0.4, -0.2) is 36.8 Å². The first-order valence-electron chi connectivity index (χ1n) is 4.75. The van der Waals surface area contributed by atoms with Crippen molar-refractivity contribution in [2.45, 2.75) is 12.1 Å². The van der Waals surface area contributed by atoms with Crippen molar-refractivity contribution in [2.75, 3.05) is 5.75 Å². The second-order valence-corrected chi connectivity index (χ2v) is 4.25. The van der Waals surface area contributed by atoms with Crippen LogP contribution in [0.25, 0.3) is 11.5 Å². The van der Waals surface area contributed by atoms with E-state index >= 15 is 0 Å². The van der Waals surface area contributed by atoms with Gasteiger partial charge in [-0.1, -0.05) is 11.8 Å². The summed E-state index contributed by atoms with van der Waals surface area (Å²) >= 11 is 0.990. The Morgan fingerprint density at radius 1 is 1.59 bits per heavy atom. The highest BCUT2D eigenvalue weighted by atomic mass is 32.2. The van der Waals surface area contributed by atoms with Crippen LogP contribution < -0.4 is 0 Å². The van der Waals surface area contributed by atoms with Gasteiger partial charge in [0.1, 0.15) is 5.75 Å². The number of nitrogens with zero attached hydrogens (tertiary/aromatic N) is 4. The van der Waals surface area contributed by atoms with E-state index in [2.05, 4.69) is 15.3 Å². The predicted octanol–water partition coefficient (Wildman–Crippen LogP) is 0.955. The van der Waals surface area contributed by atoms with E-state index in [4.69, 9.17) is 9.52 Å². The molecule has 0 unspecified atom stereocenters. The van der Waals surface area contributed by atoms with E-state index in [0.29, 0.717) is 5.89 Å². The lowest BCUT2D eigenvalue weighted by atomic mass is 10.3. The van der Waals surface area contributed by atoms with Crippen LogP contribution in [0.3, 0.4) is 0 Å². The zero-order valence-corrected chi connectivity index (χ0v) is 10.1. The first kappa shape index (κ1) is 11.6. The van der Waals surface area contributed by atoms with Crippen LogP contribution in [0.1, 0.15) is 5.69 Å². The largest absolute Gasteiger partial charge is 0.481 e. The van der Waals surface area contributed by atoms with Gasteiger partial charge in [0.25, 0.3) is 11.1 Å². The number of carboxylic acid groups (broad SMARTS) is 1. The molecule has 0 atom stereocenters. The number of hydrogen-bond donors (Lipinski definition) is 1. The van der Waals surface area contributed by atoms with E-state index in [9.17, 15) is 4.79 Å². The number of carboxylic acids is 1. The van der Waals surface area contributed by atoms with Crippen LogP contribution in [-0.2, 0) is 11.8 Å². The molecule has 2 aromatic rings. The summed E-state index contributed by atoms with van der Waals surface area (Å²) in [5.41, 5.74) is 1.66. The van der Waals surface area contributed by atoms with Crippen LogP contribution in [0.5, 0.6) is 0 Å². The number of carbonyl (C=O) groups is 1. The molecule has 0 fully saturated rings. The Kier molecular flexibility index (Phi) is 3.14. The third-order valence-corrected chi connectivity index (χ3v) is 2.99. The highest BCUT2D eigenvalue weighted by Gasteiger charge is 2.14. The number of aliphatic carboxylic acids is 1. The molecule has 0 aliphatic heterocycles. The van der Waals surface area contributed by atoms with Crippen LogP contribution in [0.15, 0.2) is 15.8 Å². The van der Waals surface area contributed by atoms with Gasteiger partial charge in [-0.15, -0.1) is 10.2 Å². The first-order chi connectivity index (χ1) is 8.08. The van der Waals surface area contributed by atoms with Gasteiger partial charge in [-0.2, -0.15) is 5.10 Å². The van der Waals surface area contributed by atoms with E-state index in [1.165, 1.54) is 0 Å². The molecule has 0 amide bonds. The van der Waals surface area contributed by atoms with Gasteiger partial charge >= 0.3 is 5.97 Å². The van der Waals surface area contributed by atoms with Gasteiger partial charge in [0.05, 0.1) is 11.8 Å². The van der Waals surface area contributed by atoms with Crippen molar-refractivity contribution in [3.05, 3.63) is 11.9 Å². The molecule has 0 radical (unpaired) electrons. The second kappa shape index (κ2) is 4.58. The Morgan fingerprint density at radius 3 is 2.94 bits per heavy atom. The fraction of sp³-hybridized carbons (Fsp3) is 0.333. The van der Waals surface area contributed by atoms with Crippen LogP contribution >= 0.6 is 11.8 Å². The summed E-state index contributed by atoms with van der Waals surface area (Å²) in [6.07, 6.45) is 1.63. The Labute approximate surface area is 101 Å². The Morgan fingerprint density at radius 2 is 2.35 bits per heavy atom. The Hall–Kier alpha value is -1.83. The molecule has 0 saturated carbocycles. The molecule has 2 heterocycles. The lowest BCUT2D eigenvalue weighted by Crippen LogP contribution is -1.97. The molecule has 0 bridgehead atoms. The lowest BCUT2D eigenvalue weighted by molar-refractivity contribution is -0.133. The average Bonchev–Trinajstić information content (AvgIpc) is 2.85. The molecule has 8 heteroatoms. The normalized spacial score (nSPS) is 10.7. The SMILES string of the molecule is Cc1c(-c2nnc(SCC(=O)O)o2)cnn1C. The van der Waals surface area contributed by atoms with Gasteiger partial charge in [0.15, 0.2) is 0 Å². The van der Waals surface area contributed by atoms with E-state index in [1.54, 1.807) is 10.9 Å². The molecule has 2 aromatic heterocycles. The van der Waals surface area contributed by atoms with Crippen molar-refractivity contribution in [3.63, 3.8) is 0 Å². The predicted molar refractivity (Wildman–Crippen MR) is 59.6 cm³/mol. The molecule has 0 aliphatic carbocycles. The molecule has 90 valence electrons. The van der Waals surface area contributed by atoms with Crippen molar-refractivity contribution in [3.8, 4) is 11.5 Å². The summed E-state index contributed by atoms with van der Waals surface area (Å²) < 4.78 is 7.04. The molecule has 2 rings (SSSR count). The molecule has 0 aromatic carbocycles. The van der Waals surface area contributed by atoms with Crippen molar-refractivity contribution < 1.29 is 14.3 Å². The van der Waals surface area contributed by atoms with E-state index in [0.717, 1.165) is 23.0 Å². The third-order valence-electron chi connectivity index (χ3n) is 2.19. The molecular weight excluding hydrogens is 244 g/mol. The highest BCUT2D eigenvalue weighted by molar-refractivity contribution is 7.99.